The van der Waals surface area contributed by atoms with E-state index in [2.05, 4.69) is 70.1 Å². The zero-order valence-electron chi connectivity index (χ0n) is 17.4. The lowest BCUT2D eigenvalue weighted by Gasteiger charge is -2.30. The average molecular weight is 375 g/mol. The quantitative estimate of drug-likeness (QED) is 0.466. The molecule has 3 heteroatoms. The number of nitrogens with one attached hydrogen (secondary N) is 1. The summed E-state index contributed by atoms with van der Waals surface area (Å²) < 4.78 is 0. The van der Waals surface area contributed by atoms with Crippen molar-refractivity contribution < 1.29 is 0 Å². The van der Waals surface area contributed by atoms with Crippen LogP contribution in [0.3, 0.4) is 0 Å². The van der Waals surface area contributed by atoms with Crippen LogP contribution in [0, 0.1) is 0 Å². The minimum absolute atomic E-state index is 0.269. The fraction of sp³-hybridized carbons (Fsp3) is 0.478. The molecule has 0 aromatic rings. The molecule has 0 aromatic heterocycles. The second-order valence-corrected chi connectivity index (χ2v) is 7.31. The van der Waals surface area contributed by atoms with E-state index in [9.17, 15) is 0 Å². The van der Waals surface area contributed by atoms with E-state index in [-0.39, 0.29) is 6.04 Å². The first-order chi connectivity index (χ1) is 12.3. The van der Waals surface area contributed by atoms with Gasteiger partial charge in [0.1, 0.15) is 0 Å². The number of nitrogens with zero attached hydrogens (tertiary/aromatic N) is 1. The van der Waals surface area contributed by atoms with Crippen LogP contribution in [0.4, 0.5) is 0 Å². The third-order valence-electron chi connectivity index (χ3n) is 5.02. The van der Waals surface area contributed by atoms with Crippen molar-refractivity contribution >= 4 is 11.6 Å². The van der Waals surface area contributed by atoms with Crippen LogP contribution in [0.5, 0.6) is 0 Å². The molecule has 0 aromatic carbocycles. The molecule has 1 atom stereocenters. The van der Waals surface area contributed by atoms with Crippen LogP contribution in [-0.2, 0) is 0 Å². The zero-order valence-corrected chi connectivity index (χ0v) is 18.1. The smallest absolute Gasteiger partial charge is 0.0478 e. The van der Waals surface area contributed by atoms with Crippen molar-refractivity contribution in [3.8, 4) is 0 Å². The molecule has 0 saturated carbocycles. The molecule has 0 saturated heterocycles. The molecule has 1 aliphatic rings. The molecule has 2 nitrogen and oxygen atoms in total. The van der Waals surface area contributed by atoms with E-state index in [0.717, 1.165) is 37.0 Å². The molecule has 1 rings (SSSR count). The van der Waals surface area contributed by atoms with Gasteiger partial charge in [-0.2, -0.15) is 0 Å². The first kappa shape index (κ1) is 22.4. The summed E-state index contributed by atoms with van der Waals surface area (Å²) in [6, 6.07) is 0.269. The Morgan fingerprint density at radius 2 is 2.00 bits per heavy atom. The number of allylic oxidation sites excluding steroid dienone is 5. The van der Waals surface area contributed by atoms with Gasteiger partial charge in [0.25, 0.3) is 0 Å². The molecule has 0 radical (unpaired) electrons. The predicted molar refractivity (Wildman–Crippen MR) is 117 cm³/mol. The van der Waals surface area contributed by atoms with Crippen LogP contribution in [0.15, 0.2) is 70.1 Å². The third-order valence-corrected chi connectivity index (χ3v) is 5.24. The van der Waals surface area contributed by atoms with Gasteiger partial charge in [0.15, 0.2) is 0 Å². The van der Waals surface area contributed by atoms with E-state index >= 15 is 0 Å². The monoisotopic (exact) mass is 374 g/mol. The second-order valence-electron chi connectivity index (χ2n) is 6.85. The van der Waals surface area contributed by atoms with E-state index in [0.29, 0.717) is 5.03 Å². The van der Waals surface area contributed by atoms with E-state index in [1.807, 2.05) is 13.1 Å². The highest BCUT2D eigenvalue weighted by molar-refractivity contribution is 6.31. The van der Waals surface area contributed by atoms with Gasteiger partial charge in [-0.15, -0.1) is 0 Å². The summed E-state index contributed by atoms with van der Waals surface area (Å²) in [6.45, 7) is 19.7. The van der Waals surface area contributed by atoms with Gasteiger partial charge in [0.2, 0.25) is 0 Å². The summed E-state index contributed by atoms with van der Waals surface area (Å²) in [5.74, 6) is 0. The van der Waals surface area contributed by atoms with Gasteiger partial charge in [-0.05, 0) is 44.8 Å². The second kappa shape index (κ2) is 10.5. The highest BCUT2D eigenvalue weighted by Gasteiger charge is 2.29. The van der Waals surface area contributed by atoms with Gasteiger partial charge in [0, 0.05) is 41.6 Å². The van der Waals surface area contributed by atoms with Crippen LogP contribution in [0.2, 0.25) is 0 Å². The molecule has 1 aliphatic heterocycles. The van der Waals surface area contributed by atoms with Gasteiger partial charge < -0.3 is 10.2 Å². The maximum Gasteiger partial charge on any atom is 0.0478 e. The molecule has 0 fully saturated rings. The van der Waals surface area contributed by atoms with Crippen molar-refractivity contribution in [1.82, 2.24) is 10.2 Å². The Bertz CT molecular complexity index is 662. The molecule has 1 heterocycles. The summed E-state index contributed by atoms with van der Waals surface area (Å²) in [6.07, 6.45) is 9.65. The van der Waals surface area contributed by atoms with Crippen LogP contribution in [0.1, 0.15) is 53.9 Å². The van der Waals surface area contributed by atoms with Crippen molar-refractivity contribution in [1.29, 1.82) is 0 Å². The third kappa shape index (κ3) is 5.17. The molecule has 26 heavy (non-hydrogen) atoms. The molecule has 0 bridgehead atoms. The average Bonchev–Trinajstić information content (AvgIpc) is 2.97. The molecule has 0 amide bonds. The van der Waals surface area contributed by atoms with Gasteiger partial charge >= 0.3 is 0 Å². The maximum absolute atomic E-state index is 6.27. The summed E-state index contributed by atoms with van der Waals surface area (Å²) in [5.41, 5.74) is 7.35. The fourth-order valence-electron chi connectivity index (χ4n) is 3.44. The topological polar surface area (TPSA) is 15.3 Å². The van der Waals surface area contributed by atoms with Crippen LogP contribution >= 0.6 is 11.6 Å². The van der Waals surface area contributed by atoms with Gasteiger partial charge in [0.05, 0.1) is 0 Å². The van der Waals surface area contributed by atoms with Crippen LogP contribution in [0.25, 0.3) is 0 Å². The van der Waals surface area contributed by atoms with Crippen molar-refractivity contribution in [2.24, 2.45) is 0 Å². The van der Waals surface area contributed by atoms with Gasteiger partial charge in [-0.3, -0.25) is 0 Å². The van der Waals surface area contributed by atoms with E-state index < -0.39 is 0 Å². The number of hydrogen-bond donors (Lipinski definition) is 1. The van der Waals surface area contributed by atoms with Crippen LogP contribution in [-0.4, -0.2) is 24.5 Å². The number of hydrogen-bond acceptors (Lipinski definition) is 2. The minimum atomic E-state index is 0.269. The Kier molecular flexibility index (Phi) is 9.01. The standard InChI is InChI=1S/C23H35ClN2/c1-9-12-22(25-8)17(5)14-16(4)19(7)26-15-21(18(6)24)20(11-3)23(26)13-10-2/h11,13-14,19,25H,3,6,9-10,12,15H2,1-2,4-5,7-8H3/b16-14+,22-17-,23-13-. The Morgan fingerprint density at radius 3 is 2.46 bits per heavy atom. The van der Waals surface area contributed by atoms with E-state index in [4.69, 9.17) is 11.6 Å². The van der Waals surface area contributed by atoms with E-state index in [1.165, 1.54) is 22.5 Å². The Hall–Kier alpha value is -1.67. The largest absolute Gasteiger partial charge is 0.391 e. The summed E-state index contributed by atoms with van der Waals surface area (Å²) in [5, 5.41) is 3.95. The number of rotatable bonds is 9. The summed E-state index contributed by atoms with van der Waals surface area (Å²) in [7, 11) is 2.00. The summed E-state index contributed by atoms with van der Waals surface area (Å²) in [4.78, 5) is 2.40. The lowest BCUT2D eigenvalue weighted by Crippen LogP contribution is -2.31. The SMILES string of the molecule is C=CC1=C(C(=C)Cl)CN(C(C)/C(C)=C/C(C)=C(/CCC)NC)/C1=C\CC. The Labute approximate surface area is 165 Å². The first-order valence-corrected chi connectivity index (χ1v) is 9.93. The lowest BCUT2D eigenvalue weighted by atomic mass is 10.0. The molecular weight excluding hydrogens is 340 g/mol. The normalized spacial score (nSPS) is 19.0. The number of halogens is 1. The van der Waals surface area contributed by atoms with Gasteiger partial charge in [-0.25, -0.2) is 0 Å². The highest BCUT2D eigenvalue weighted by atomic mass is 35.5. The van der Waals surface area contributed by atoms with E-state index in [1.54, 1.807) is 0 Å². The van der Waals surface area contributed by atoms with Crippen molar-refractivity contribution in [3.05, 3.63) is 70.1 Å². The summed E-state index contributed by atoms with van der Waals surface area (Å²) >= 11 is 6.27. The molecule has 1 N–H and O–H groups in total. The van der Waals surface area contributed by atoms with Crippen molar-refractivity contribution in [2.45, 2.75) is 59.9 Å². The molecule has 1 unspecified atom stereocenters. The van der Waals surface area contributed by atoms with Crippen molar-refractivity contribution in [2.75, 3.05) is 13.6 Å². The molecule has 0 spiro atoms. The Balaban J connectivity index is 3.21. The molecular formula is C23H35ClN2. The maximum atomic E-state index is 6.27. The van der Waals surface area contributed by atoms with Crippen molar-refractivity contribution in [3.63, 3.8) is 0 Å². The van der Waals surface area contributed by atoms with Gasteiger partial charge in [-0.1, -0.05) is 68.8 Å². The lowest BCUT2D eigenvalue weighted by molar-refractivity contribution is 0.344. The fourth-order valence-corrected chi connectivity index (χ4v) is 3.60. The zero-order chi connectivity index (χ0) is 19.9. The first-order valence-electron chi connectivity index (χ1n) is 9.55. The molecule has 144 valence electrons. The molecule has 0 aliphatic carbocycles. The predicted octanol–water partition coefficient (Wildman–Crippen LogP) is 6.46. The minimum Gasteiger partial charge on any atom is -0.391 e. The van der Waals surface area contributed by atoms with Crippen LogP contribution < -0.4 is 5.32 Å². The Morgan fingerprint density at radius 1 is 1.35 bits per heavy atom. The highest BCUT2D eigenvalue weighted by Crippen LogP contribution is 2.36.